The fraction of sp³-hybridized carbons (Fsp3) is 0.0870. The number of methoxy groups -OCH3 is 1. The van der Waals surface area contributed by atoms with Crippen molar-refractivity contribution in [3.63, 3.8) is 0 Å². The summed E-state index contributed by atoms with van der Waals surface area (Å²) in [4.78, 5) is 13.3. The van der Waals surface area contributed by atoms with Crippen LogP contribution in [0.25, 0.3) is 6.08 Å². The highest BCUT2D eigenvalue weighted by atomic mass is 32.2. The number of carbonyl (C=O) groups is 1. The summed E-state index contributed by atoms with van der Waals surface area (Å²) in [6.07, 6.45) is 3.09. The summed E-state index contributed by atoms with van der Waals surface area (Å²) in [7, 11) is 1.49. The molecule has 0 aliphatic heterocycles. The van der Waals surface area contributed by atoms with Crippen LogP contribution in [-0.4, -0.2) is 18.1 Å². The van der Waals surface area contributed by atoms with Gasteiger partial charge in [-0.3, -0.25) is 4.79 Å². The minimum atomic E-state index is -0.233. The van der Waals surface area contributed by atoms with Crippen LogP contribution in [0.3, 0.4) is 0 Å². The molecule has 2 N–H and O–H groups in total. The molecule has 28 heavy (non-hydrogen) atoms. The molecule has 0 aromatic heterocycles. The van der Waals surface area contributed by atoms with E-state index in [-0.39, 0.29) is 11.7 Å². The lowest BCUT2D eigenvalue weighted by Crippen LogP contribution is -2.08. The van der Waals surface area contributed by atoms with Gasteiger partial charge in [0.1, 0.15) is 0 Å². The number of phenolic OH excluding ortho intramolecular Hbond substituents is 1. The number of anilines is 1. The number of para-hydroxylation sites is 1. The Balaban J connectivity index is 1.64. The second-order valence-electron chi connectivity index (χ2n) is 6.02. The number of phenols is 1. The van der Waals surface area contributed by atoms with E-state index in [4.69, 9.17) is 4.74 Å². The Morgan fingerprint density at radius 1 is 1.07 bits per heavy atom. The quantitative estimate of drug-likeness (QED) is 0.421. The van der Waals surface area contributed by atoms with Crippen molar-refractivity contribution in [3.05, 3.63) is 90.0 Å². The Hall–Kier alpha value is -3.18. The highest BCUT2D eigenvalue weighted by molar-refractivity contribution is 7.98. The van der Waals surface area contributed by atoms with Crippen LogP contribution in [0, 0.1) is 0 Å². The second-order valence-corrected chi connectivity index (χ2v) is 7.04. The van der Waals surface area contributed by atoms with E-state index >= 15 is 0 Å². The molecular weight excluding hydrogens is 370 g/mol. The maximum Gasteiger partial charge on any atom is 0.248 e. The predicted octanol–water partition coefficient (Wildman–Crippen LogP) is 5.35. The van der Waals surface area contributed by atoms with Gasteiger partial charge in [0.15, 0.2) is 11.5 Å². The average Bonchev–Trinajstić information content (AvgIpc) is 2.72. The number of carbonyl (C=O) groups excluding carboxylic acids is 1. The number of thioether (sulfide) groups is 1. The van der Waals surface area contributed by atoms with Gasteiger partial charge in [0.05, 0.1) is 12.8 Å². The van der Waals surface area contributed by atoms with Gasteiger partial charge in [-0.25, -0.2) is 0 Å². The van der Waals surface area contributed by atoms with Crippen LogP contribution < -0.4 is 10.1 Å². The van der Waals surface area contributed by atoms with Crippen molar-refractivity contribution >= 4 is 29.4 Å². The maximum atomic E-state index is 12.3. The molecule has 0 radical (unpaired) electrons. The summed E-state index contributed by atoms with van der Waals surface area (Å²) in [6, 6.07) is 22.9. The van der Waals surface area contributed by atoms with Crippen LogP contribution in [-0.2, 0) is 10.5 Å². The molecule has 0 aliphatic carbocycles. The van der Waals surface area contributed by atoms with Gasteiger partial charge in [-0.05, 0) is 41.5 Å². The van der Waals surface area contributed by atoms with Crippen molar-refractivity contribution < 1.29 is 14.6 Å². The van der Waals surface area contributed by atoms with E-state index in [0.717, 1.165) is 16.3 Å². The Kier molecular flexibility index (Phi) is 6.76. The van der Waals surface area contributed by atoms with Crippen molar-refractivity contribution in [2.24, 2.45) is 0 Å². The van der Waals surface area contributed by atoms with Crippen molar-refractivity contribution in [2.75, 3.05) is 12.4 Å². The Labute approximate surface area is 168 Å². The van der Waals surface area contributed by atoms with Gasteiger partial charge >= 0.3 is 0 Å². The molecule has 0 bridgehead atoms. The summed E-state index contributed by atoms with van der Waals surface area (Å²) >= 11 is 1.68. The molecule has 0 heterocycles. The summed E-state index contributed by atoms with van der Waals surface area (Å²) in [6.45, 7) is 0. The van der Waals surface area contributed by atoms with E-state index in [2.05, 4.69) is 17.4 Å². The smallest absolute Gasteiger partial charge is 0.248 e. The molecule has 5 heteroatoms. The lowest BCUT2D eigenvalue weighted by Gasteiger charge is -2.09. The van der Waals surface area contributed by atoms with E-state index in [1.807, 2.05) is 42.5 Å². The predicted molar refractivity (Wildman–Crippen MR) is 115 cm³/mol. The SMILES string of the molecule is COc1ccc(C=CC(=O)Nc2ccccc2SCc2ccccc2)cc1O. The van der Waals surface area contributed by atoms with Crippen LogP contribution in [0.5, 0.6) is 11.5 Å². The van der Waals surface area contributed by atoms with E-state index in [9.17, 15) is 9.90 Å². The molecule has 3 aromatic carbocycles. The zero-order valence-electron chi connectivity index (χ0n) is 15.5. The largest absolute Gasteiger partial charge is 0.504 e. The average molecular weight is 391 g/mol. The molecule has 0 saturated heterocycles. The number of ether oxygens (including phenoxy) is 1. The molecule has 1 amide bonds. The number of nitrogens with one attached hydrogen (secondary N) is 1. The van der Waals surface area contributed by atoms with Crippen LogP contribution in [0.15, 0.2) is 83.8 Å². The number of benzene rings is 3. The van der Waals surface area contributed by atoms with E-state index in [1.165, 1.54) is 18.7 Å². The molecule has 3 aromatic rings. The third-order valence-electron chi connectivity index (χ3n) is 4.01. The first kappa shape index (κ1) is 19.6. The molecule has 0 saturated carbocycles. The normalized spacial score (nSPS) is 10.8. The van der Waals surface area contributed by atoms with Gasteiger partial charge < -0.3 is 15.2 Å². The minimum absolute atomic E-state index is 0.0349. The number of hydrogen-bond donors (Lipinski definition) is 2. The van der Waals surface area contributed by atoms with Gasteiger partial charge in [0.25, 0.3) is 0 Å². The van der Waals surface area contributed by atoms with Crippen molar-refractivity contribution in [1.82, 2.24) is 0 Å². The molecule has 142 valence electrons. The first-order chi connectivity index (χ1) is 13.7. The highest BCUT2D eigenvalue weighted by Crippen LogP contribution is 2.30. The first-order valence-electron chi connectivity index (χ1n) is 8.77. The number of hydrogen-bond acceptors (Lipinski definition) is 4. The summed E-state index contributed by atoms with van der Waals surface area (Å²) in [5.41, 5.74) is 2.71. The minimum Gasteiger partial charge on any atom is -0.504 e. The zero-order chi connectivity index (χ0) is 19.8. The van der Waals surface area contributed by atoms with Gasteiger partial charge in [0, 0.05) is 16.7 Å². The molecule has 4 nitrogen and oxygen atoms in total. The summed E-state index contributed by atoms with van der Waals surface area (Å²) in [5.74, 6) is 1.02. The summed E-state index contributed by atoms with van der Waals surface area (Å²) < 4.78 is 5.02. The van der Waals surface area contributed by atoms with E-state index in [1.54, 1.807) is 36.0 Å². The third kappa shape index (κ3) is 5.41. The topological polar surface area (TPSA) is 58.6 Å². The molecular formula is C23H21NO3S. The summed E-state index contributed by atoms with van der Waals surface area (Å²) in [5, 5.41) is 12.7. The molecule has 0 fully saturated rings. The first-order valence-corrected chi connectivity index (χ1v) is 9.76. The lowest BCUT2D eigenvalue weighted by molar-refractivity contribution is -0.111. The molecule has 0 unspecified atom stereocenters. The van der Waals surface area contributed by atoms with Gasteiger partial charge in [-0.2, -0.15) is 0 Å². The van der Waals surface area contributed by atoms with Gasteiger partial charge in [-0.1, -0.05) is 48.5 Å². The van der Waals surface area contributed by atoms with Crippen molar-refractivity contribution in [2.45, 2.75) is 10.6 Å². The molecule has 3 rings (SSSR count). The number of rotatable bonds is 7. The molecule has 0 spiro atoms. The molecule has 0 aliphatic rings. The fourth-order valence-corrected chi connectivity index (χ4v) is 3.55. The van der Waals surface area contributed by atoms with E-state index in [0.29, 0.717) is 11.3 Å². The highest BCUT2D eigenvalue weighted by Gasteiger charge is 2.06. The third-order valence-corrected chi connectivity index (χ3v) is 5.16. The Bertz CT molecular complexity index is 971. The van der Waals surface area contributed by atoms with Crippen LogP contribution in [0.2, 0.25) is 0 Å². The van der Waals surface area contributed by atoms with Gasteiger partial charge in [0.2, 0.25) is 5.91 Å². The van der Waals surface area contributed by atoms with Crippen molar-refractivity contribution in [1.29, 1.82) is 0 Å². The monoisotopic (exact) mass is 391 g/mol. The molecule has 0 atom stereocenters. The Morgan fingerprint density at radius 2 is 1.82 bits per heavy atom. The van der Waals surface area contributed by atoms with E-state index < -0.39 is 0 Å². The Morgan fingerprint density at radius 3 is 2.57 bits per heavy atom. The van der Waals surface area contributed by atoms with Crippen LogP contribution in [0.4, 0.5) is 5.69 Å². The fourth-order valence-electron chi connectivity index (χ4n) is 2.59. The second kappa shape index (κ2) is 9.67. The maximum absolute atomic E-state index is 12.3. The number of amides is 1. The van der Waals surface area contributed by atoms with Crippen molar-refractivity contribution in [3.8, 4) is 11.5 Å². The number of aromatic hydroxyl groups is 1. The van der Waals surface area contributed by atoms with Gasteiger partial charge in [-0.15, -0.1) is 11.8 Å². The lowest BCUT2D eigenvalue weighted by atomic mass is 10.2. The standard InChI is InChI=1S/C23H21NO3S/c1-27-21-13-11-17(15-20(21)25)12-14-23(26)24-19-9-5-6-10-22(19)28-16-18-7-3-2-4-8-18/h2-15,25H,16H2,1H3,(H,24,26). The van der Waals surface area contributed by atoms with Crippen LogP contribution in [0.1, 0.15) is 11.1 Å². The zero-order valence-corrected chi connectivity index (χ0v) is 16.3. The van der Waals surface area contributed by atoms with Crippen LogP contribution >= 0.6 is 11.8 Å².